The molecule has 0 radical (unpaired) electrons. The minimum atomic E-state index is -1.00. The van der Waals surface area contributed by atoms with Crippen LogP contribution in [0.1, 0.15) is 26.2 Å². The van der Waals surface area contributed by atoms with Crippen LogP contribution in [0.4, 0.5) is 0 Å². The molecule has 0 saturated heterocycles. The van der Waals surface area contributed by atoms with Crippen LogP contribution in [0.2, 0.25) is 0 Å². The molecule has 1 atom stereocenters. The summed E-state index contributed by atoms with van der Waals surface area (Å²) in [6.07, 6.45) is 1.19. The zero-order chi connectivity index (χ0) is 14.1. The number of carbonyl (C=O) groups is 2. The first-order valence-electron chi connectivity index (χ1n) is 6.33. The highest BCUT2D eigenvalue weighted by Gasteiger charge is 2.16. The molecule has 0 saturated carbocycles. The molecular weight excluding hydrogens is 246 g/mol. The Morgan fingerprint density at radius 3 is 2.58 bits per heavy atom. The summed E-state index contributed by atoms with van der Waals surface area (Å²) < 4.78 is 5.44. The molecule has 5 nitrogen and oxygen atoms in total. The molecule has 19 heavy (non-hydrogen) atoms. The fourth-order valence-electron chi connectivity index (χ4n) is 1.54. The molecule has 1 aromatic carbocycles. The van der Waals surface area contributed by atoms with Gasteiger partial charge in [0.15, 0.2) is 0 Å². The topological polar surface area (TPSA) is 75.6 Å². The molecule has 0 spiro atoms. The van der Waals surface area contributed by atoms with Gasteiger partial charge in [-0.1, -0.05) is 25.1 Å². The molecule has 104 valence electrons. The van der Waals surface area contributed by atoms with Crippen molar-refractivity contribution in [3.05, 3.63) is 30.3 Å². The van der Waals surface area contributed by atoms with Gasteiger partial charge in [0.2, 0.25) is 5.91 Å². The largest absolute Gasteiger partial charge is 0.494 e. The van der Waals surface area contributed by atoms with E-state index in [4.69, 9.17) is 9.84 Å². The number of hydrogen-bond donors (Lipinski definition) is 2. The number of ether oxygens (including phenoxy) is 1. The van der Waals surface area contributed by atoms with E-state index in [-0.39, 0.29) is 12.3 Å². The lowest BCUT2D eigenvalue weighted by molar-refractivity contribution is -0.141. The highest BCUT2D eigenvalue weighted by molar-refractivity contribution is 5.83. The van der Waals surface area contributed by atoms with Crippen molar-refractivity contribution < 1.29 is 19.4 Å². The average molecular weight is 265 g/mol. The summed E-state index contributed by atoms with van der Waals surface area (Å²) in [5, 5.41) is 11.3. The number of para-hydroxylation sites is 1. The molecule has 2 N–H and O–H groups in total. The van der Waals surface area contributed by atoms with Gasteiger partial charge < -0.3 is 15.2 Å². The molecule has 1 amide bonds. The Balaban J connectivity index is 2.19. The molecule has 0 aliphatic rings. The van der Waals surface area contributed by atoms with Crippen LogP contribution < -0.4 is 10.1 Å². The standard InChI is InChI=1S/C14H19NO4/c1-2-12(14(17)18)15-13(16)9-6-10-19-11-7-4-3-5-8-11/h3-5,7-8,12H,2,6,9-10H2,1H3,(H,15,16)(H,17,18)/t12-/m1/s1. The van der Waals surface area contributed by atoms with E-state index in [1.165, 1.54) is 0 Å². The Labute approximate surface area is 112 Å². The van der Waals surface area contributed by atoms with Crippen LogP contribution in [0.5, 0.6) is 5.75 Å². The van der Waals surface area contributed by atoms with Crippen molar-refractivity contribution in [2.75, 3.05) is 6.61 Å². The normalized spacial score (nSPS) is 11.6. The van der Waals surface area contributed by atoms with Gasteiger partial charge in [-0.05, 0) is 25.0 Å². The molecule has 0 aliphatic heterocycles. The molecule has 0 bridgehead atoms. The molecule has 0 aliphatic carbocycles. The fourth-order valence-corrected chi connectivity index (χ4v) is 1.54. The van der Waals surface area contributed by atoms with Gasteiger partial charge in [0.05, 0.1) is 6.61 Å². The van der Waals surface area contributed by atoms with Crippen LogP contribution in [0.3, 0.4) is 0 Å². The van der Waals surface area contributed by atoms with Crippen molar-refractivity contribution in [2.24, 2.45) is 0 Å². The molecule has 1 aromatic rings. The number of rotatable bonds is 8. The number of carbonyl (C=O) groups excluding carboxylic acids is 1. The SMILES string of the molecule is CC[C@@H](NC(=O)CCCOc1ccccc1)C(=O)O. The van der Waals surface area contributed by atoms with E-state index in [1.54, 1.807) is 6.92 Å². The van der Waals surface area contributed by atoms with Gasteiger partial charge in [-0.25, -0.2) is 4.79 Å². The van der Waals surface area contributed by atoms with E-state index in [0.717, 1.165) is 5.75 Å². The average Bonchev–Trinajstić information content (AvgIpc) is 2.42. The molecule has 0 fully saturated rings. The lowest BCUT2D eigenvalue weighted by Crippen LogP contribution is -2.40. The van der Waals surface area contributed by atoms with Gasteiger partial charge in [-0.15, -0.1) is 0 Å². The highest BCUT2D eigenvalue weighted by atomic mass is 16.5. The predicted octanol–water partition coefficient (Wildman–Crippen LogP) is 1.82. The second-order valence-electron chi connectivity index (χ2n) is 4.13. The number of amides is 1. The van der Waals surface area contributed by atoms with Crippen molar-refractivity contribution >= 4 is 11.9 Å². The second-order valence-corrected chi connectivity index (χ2v) is 4.13. The van der Waals surface area contributed by atoms with E-state index in [9.17, 15) is 9.59 Å². The van der Waals surface area contributed by atoms with Gasteiger partial charge >= 0.3 is 5.97 Å². The summed E-state index contributed by atoms with van der Waals surface area (Å²) in [7, 11) is 0. The van der Waals surface area contributed by atoms with Crippen LogP contribution in [0, 0.1) is 0 Å². The lowest BCUT2D eigenvalue weighted by atomic mass is 10.2. The molecule has 0 unspecified atom stereocenters. The first kappa shape index (κ1) is 15.0. The third kappa shape index (κ3) is 5.90. The van der Waals surface area contributed by atoms with E-state index in [1.807, 2.05) is 30.3 Å². The summed E-state index contributed by atoms with van der Waals surface area (Å²) in [5.41, 5.74) is 0. The minimum Gasteiger partial charge on any atom is -0.494 e. The van der Waals surface area contributed by atoms with E-state index in [0.29, 0.717) is 19.4 Å². The summed E-state index contributed by atoms with van der Waals surface area (Å²) in [4.78, 5) is 22.2. The molecule has 0 heterocycles. The van der Waals surface area contributed by atoms with Crippen molar-refractivity contribution in [1.82, 2.24) is 5.32 Å². The smallest absolute Gasteiger partial charge is 0.326 e. The number of carboxylic acids is 1. The third-order valence-corrected chi connectivity index (χ3v) is 2.60. The predicted molar refractivity (Wildman–Crippen MR) is 71.0 cm³/mol. The van der Waals surface area contributed by atoms with Crippen LogP contribution in [-0.4, -0.2) is 29.6 Å². The number of aliphatic carboxylic acids is 1. The van der Waals surface area contributed by atoms with E-state index < -0.39 is 12.0 Å². The van der Waals surface area contributed by atoms with E-state index >= 15 is 0 Å². The maximum absolute atomic E-state index is 11.5. The van der Waals surface area contributed by atoms with Gasteiger partial charge in [0.1, 0.15) is 11.8 Å². The Morgan fingerprint density at radius 1 is 1.32 bits per heavy atom. The van der Waals surface area contributed by atoms with Crippen LogP contribution >= 0.6 is 0 Å². The summed E-state index contributed by atoms with van der Waals surface area (Å²) in [6, 6.07) is 8.54. The maximum Gasteiger partial charge on any atom is 0.326 e. The Hall–Kier alpha value is -2.04. The summed E-state index contributed by atoms with van der Waals surface area (Å²) in [5.74, 6) is -0.498. The lowest BCUT2D eigenvalue weighted by Gasteiger charge is -2.12. The molecule has 5 heteroatoms. The quantitative estimate of drug-likeness (QED) is 0.703. The van der Waals surface area contributed by atoms with Gasteiger partial charge in [-0.2, -0.15) is 0 Å². The second kappa shape index (κ2) is 8.13. The molecule has 1 rings (SSSR count). The van der Waals surface area contributed by atoms with Gasteiger partial charge in [0, 0.05) is 6.42 Å². The minimum absolute atomic E-state index is 0.258. The first-order valence-corrected chi connectivity index (χ1v) is 6.33. The number of nitrogens with one attached hydrogen (secondary N) is 1. The summed E-state index contributed by atoms with van der Waals surface area (Å²) in [6.45, 7) is 2.15. The Kier molecular flexibility index (Phi) is 6.43. The maximum atomic E-state index is 11.5. The van der Waals surface area contributed by atoms with Crippen LogP contribution in [-0.2, 0) is 9.59 Å². The van der Waals surface area contributed by atoms with Crippen LogP contribution in [0.25, 0.3) is 0 Å². The van der Waals surface area contributed by atoms with Crippen molar-refractivity contribution in [2.45, 2.75) is 32.2 Å². The third-order valence-electron chi connectivity index (χ3n) is 2.60. The first-order chi connectivity index (χ1) is 9.13. The molecule has 0 aromatic heterocycles. The highest BCUT2D eigenvalue weighted by Crippen LogP contribution is 2.08. The van der Waals surface area contributed by atoms with Crippen molar-refractivity contribution in [1.29, 1.82) is 0 Å². The zero-order valence-corrected chi connectivity index (χ0v) is 11.0. The van der Waals surface area contributed by atoms with Gasteiger partial charge in [-0.3, -0.25) is 4.79 Å². The number of carboxylic acid groups (broad SMARTS) is 1. The van der Waals surface area contributed by atoms with Crippen LogP contribution in [0.15, 0.2) is 30.3 Å². The van der Waals surface area contributed by atoms with Crippen molar-refractivity contribution in [3.8, 4) is 5.75 Å². The molecular formula is C14H19NO4. The monoisotopic (exact) mass is 265 g/mol. The fraction of sp³-hybridized carbons (Fsp3) is 0.429. The Morgan fingerprint density at radius 2 is 2.00 bits per heavy atom. The van der Waals surface area contributed by atoms with E-state index in [2.05, 4.69) is 5.32 Å². The number of hydrogen-bond acceptors (Lipinski definition) is 3. The van der Waals surface area contributed by atoms with Crippen molar-refractivity contribution in [3.63, 3.8) is 0 Å². The Bertz CT molecular complexity index is 405. The van der Waals surface area contributed by atoms with Gasteiger partial charge in [0.25, 0.3) is 0 Å². The number of benzene rings is 1. The summed E-state index contributed by atoms with van der Waals surface area (Å²) >= 11 is 0. The zero-order valence-electron chi connectivity index (χ0n) is 11.0.